The Morgan fingerprint density at radius 2 is 1.29 bits per heavy atom. The Balaban J connectivity index is 1.97. The van der Waals surface area contributed by atoms with E-state index in [0.29, 0.717) is 0 Å². The van der Waals surface area contributed by atoms with Crippen molar-refractivity contribution in [3.8, 4) is 11.1 Å². The fraction of sp³-hybridized carbons (Fsp3) is 0.167. The lowest BCUT2D eigenvalue weighted by Crippen LogP contribution is -2.29. The molecule has 1 aliphatic carbocycles. The Morgan fingerprint density at radius 3 is 1.85 bits per heavy atom. The number of aromatic carboxylic acids is 1. The zero-order chi connectivity index (χ0) is 24.0. The van der Waals surface area contributed by atoms with Gasteiger partial charge in [0.15, 0.2) is 0 Å². The molecule has 0 unspecified atom stereocenters. The summed E-state index contributed by atoms with van der Waals surface area (Å²) < 4.78 is 0. The molecule has 0 aromatic heterocycles. The summed E-state index contributed by atoms with van der Waals surface area (Å²) >= 11 is 0. The molecule has 1 aliphatic rings. The van der Waals surface area contributed by atoms with Gasteiger partial charge in [-0.25, -0.2) is 4.79 Å². The summed E-state index contributed by atoms with van der Waals surface area (Å²) in [6.07, 6.45) is 1.61. The second-order valence-electron chi connectivity index (χ2n) is 8.90. The van der Waals surface area contributed by atoms with Gasteiger partial charge in [-0.05, 0) is 81.6 Å². The largest absolute Gasteiger partial charge is 0.478 e. The summed E-state index contributed by atoms with van der Waals surface area (Å²) in [7, 11) is 0. The van der Waals surface area contributed by atoms with Crippen LogP contribution >= 0.6 is 0 Å². The lowest BCUT2D eigenvalue weighted by atomic mass is 9.66. The van der Waals surface area contributed by atoms with Gasteiger partial charge in [0.2, 0.25) is 0 Å². The van der Waals surface area contributed by atoms with Crippen molar-refractivity contribution in [3.05, 3.63) is 118 Å². The summed E-state index contributed by atoms with van der Waals surface area (Å²) in [5.41, 5.74) is 22.3. The molecule has 4 aromatic rings. The normalized spacial score (nSPS) is 13.4. The smallest absolute Gasteiger partial charge is 0.335 e. The molecule has 0 atom stereocenters. The van der Waals surface area contributed by atoms with Crippen molar-refractivity contribution in [2.45, 2.75) is 32.1 Å². The summed E-state index contributed by atoms with van der Waals surface area (Å²) in [6.45, 7) is 4.19. The van der Waals surface area contributed by atoms with Gasteiger partial charge in [0.25, 0.3) is 0 Å². The average molecular weight is 449 g/mol. The van der Waals surface area contributed by atoms with Gasteiger partial charge in [-0.15, -0.1) is 0 Å². The van der Waals surface area contributed by atoms with E-state index in [1.807, 2.05) is 36.4 Å². The Bertz CT molecular complexity index is 1380. The maximum atomic E-state index is 12.0. The van der Waals surface area contributed by atoms with Gasteiger partial charge < -0.3 is 16.6 Å². The molecule has 170 valence electrons. The number of carboxylic acids is 1. The van der Waals surface area contributed by atoms with E-state index in [9.17, 15) is 9.90 Å². The van der Waals surface area contributed by atoms with E-state index in [1.54, 1.807) is 6.07 Å². The van der Waals surface area contributed by atoms with Crippen LogP contribution < -0.4 is 11.5 Å². The fourth-order valence-electron chi connectivity index (χ4n) is 5.49. The lowest BCUT2D eigenvalue weighted by molar-refractivity contribution is 0.0696. The van der Waals surface area contributed by atoms with E-state index in [1.165, 1.54) is 0 Å². The number of anilines is 2. The molecule has 0 aliphatic heterocycles. The van der Waals surface area contributed by atoms with Crippen molar-refractivity contribution < 1.29 is 9.90 Å². The quantitative estimate of drug-likeness (QED) is 0.286. The van der Waals surface area contributed by atoms with E-state index in [4.69, 9.17) is 11.5 Å². The molecule has 0 radical (unpaired) electrons. The topological polar surface area (TPSA) is 89.3 Å². The molecule has 4 aromatic carbocycles. The van der Waals surface area contributed by atoms with E-state index in [0.717, 1.165) is 68.7 Å². The minimum absolute atomic E-state index is 0.272. The molecule has 0 spiro atoms. The van der Waals surface area contributed by atoms with Crippen molar-refractivity contribution >= 4 is 17.3 Å². The SMILES string of the molecule is CCc1cc(C2(c3ccc(N)c(CC)c3)c3ccccc3-c3ccc(C(=O)O)cc32)ccc1N. The summed E-state index contributed by atoms with van der Waals surface area (Å²) in [4.78, 5) is 12.0. The van der Waals surface area contributed by atoms with Gasteiger partial charge >= 0.3 is 5.97 Å². The first kappa shape index (κ1) is 21.8. The fourth-order valence-corrected chi connectivity index (χ4v) is 5.49. The maximum Gasteiger partial charge on any atom is 0.335 e. The van der Waals surface area contributed by atoms with Gasteiger partial charge in [-0.1, -0.05) is 68.4 Å². The van der Waals surface area contributed by atoms with Crippen LogP contribution in [0.1, 0.15) is 57.6 Å². The van der Waals surface area contributed by atoms with Crippen LogP contribution in [-0.2, 0) is 18.3 Å². The average Bonchev–Trinajstić information content (AvgIpc) is 3.15. The predicted octanol–water partition coefficient (Wildman–Crippen LogP) is 6.04. The Morgan fingerprint density at radius 1 is 0.735 bits per heavy atom. The molecule has 0 fully saturated rings. The third-order valence-corrected chi connectivity index (χ3v) is 7.21. The maximum absolute atomic E-state index is 12.0. The van der Waals surface area contributed by atoms with Crippen molar-refractivity contribution in [2.75, 3.05) is 11.5 Å². The molecule has 0 bridgehead atoms. The third kappa shape index (κ3) is 3.02. The van der Waals surface area contributed by atoms with Gasteiger partial charge in [0, 0.05) is 11.4 Å². The molecule has 5 rings (SSSR count). The summed E-state index contributed by atoms with van der Waals surface area (Å²) in [5.74, 6) is -0.939. The molecule has 4 heteroatoms. The Hall–Kier alpha value is -4.05. The van der Waals surface area contributed by atoms with Crippen LogP contribution in [0.2, 0.25) is 0 Å². The minimum atomic E-state index is -0.939. The monoisotopic (exact) mass is 448 g/mol. The number of benzene rings is 4. The number of nitrogens with two attached hydrogens (primary N) is 2. The van der Waals surface area contributed by atoms with E-state index < -0.39 is 11.4 Å². The highest BCUT2D eigenvalue weighted by Crippen LogP contribution is 2.56. The Kier molecular flexibility index (Phi) is 5.17. The summed E-state index contributed by atoms with van der Waals surface area (Å²) in [6, 6.07) is 26.3. The molecule has 0 saturated carbocycles. The highest BCUT2D eigenvalue weighted by atomic mass is 16.4. The second-order valence-corrected chi connectivity index (χ2v) is 8.90. The van der Waals surface area contributed by atoms with E-state index in [2.05, 4.69) is 50.2 Å². The number of hydrogen-bond donors (Lipinski definition) is 3. The van der Waals surface area contributed by atoms with Crippen molar-refractivity contribution in [1.82, 2.24) is 0 Å². The molecule has 4 nitrogen and oxygen atoms in total. The lowest BCUT2D eigenvalue weighted by Gasteiger charge is -2.35. The van der Waals surface area contributed by atoms with Crippen molar-refractivity contribution in [1.29, 1.82) is 0 Å². The van der Waals surface area contributed by atoms with Crippen molar-refractivity contribution in [2.24, 2.45) is 0 Å². The first-order chi connectivity index (χ1) is 16.4. The molecule has 0 saturated heterocycles. The Labute approximate surface area is 199 Å². The number of hydrogen-bond acceptors (Lipinski definition) is 3. The number of aryl methyl sites for hydroxylation is 2. The number of rotatable bonds is 5. The molecule has 34 heavy (non-hydrogen) atoms. The first-order valence-electron chi connectivity index (χ1n) is 11.7. The van der Waals surface area contributed by atoms with E-state index in [-0.39, 0.29) is 5.56 Å². The predicted molar refractivity (Wildman–Crippen MR) is 138 cm³/mol. The van der Waals surface area contributed by atoms with Crippen LogP contribution in [0, 0.1) is 0 Å². The van der Waals surface area contributed by atoms with E-state index >= 15 is 0 Å². The van der Waals surface area contributed by atoms with Crippen molar-refractivity contribution in [3.63, 3.8) is 0 Å². The first-order valence-corrected chi connectivity index (χ1v) is 11.7. The molecular weight excluding hydrogens is 420 g/mol. The minimum Gasteiger partial charge on any atom is -0.478 e. The molecular formula is C30H28N2O2. The van der Waals surface area contributed by atoms with Gasteiger partial charge in [0.1, 0.15) is 0 Å². The highest BCUT2D eigenvalue weighted by molar-refractivity contribution is 5.93. The highest BCUT2D eigenvalue weighted by Gasteiger charge is 2.46. The van der Waals surface area contributed by atoms with Gasteiger partial charge in [-0.2, -0.15) is 0 Å². The molecule has 0 heterocycles. The van der Waals surface area contributed by atoms with Crippen LogP contribution in [0.3, 0.4) is 0 Å². The summed E-state index contributed by atoms with van der Waals surface area (Å²) in [5, 5.41) is 9.85. The van der Waals surface area contributed by atoms with Gasteiger partial charge in [-0.3, -0.25) is 0 Å². The zero-order valence-corrected chi connectivity index (χ0v) is 19.4. The second kappa shape index (κ2) is 8.07. The number of fused-ring (bicyclic) bond motifs is 3. The van der Waals surface area contributed by atoms with Crippen LogP contribution in [0.5, 0.6) is 0 Å². The molecule has 5 N–H and O–H groups in total. The number of carbonyl (C=O) groups is 1. The van der Waals surface area contributed by atoms with Crippen LogP contribution in [-0.4, -0.2) is 11.1 Å². The standard InChI is InChI=1S/C30H28N2O2/c1-3-18-15-21(10-13-27(18)31)30(22-11-14-28(32)19(4-2)16-22)25-8-6-5-7-23(25)24-12-9-20(29(33)34)17-26(24)30/h5-17H,3-4,31-32H2,1-2H3,(H,33,34). The molecule has 0 amide bonds. The van der Waals surface area contributed by atoms with Crippen LogP contribution in [0.25, 0.3) is 11.1 Å². The number of carboxylic acid groups (broad SMARTS) is 1. The van der Waals surface area contributed by atoms with Gasteiger partial charge in [0.05, 0.1) is 11.0 Å². The van der Waals surface area contributed by atoms with Crippen LogP contribution in [0.4, 0.5) is 11.4 Å². The number of nitrogen functional groups attached to an aromatic ring is 2. The zero-order valence-electron chi connectivity index (χ0n) is 19.4. The van der Waals surface area contributed by atoms with Crippen LogP contribution in [0.15, 0.2) is 78.9 Å². The third-order valence-electron chi connectivity index (χ3n) is 7.21.